The zero-order valence-corrected chi connectivity index (χ0v) is 17.6. The molecule has 0 aromatic heterocycles. The van der Waals surface area contributed by atoms with E-state index in [-0.39, 0.29) is 22.8 Å². The van der Waals surface area contributed by atoms with Crippen LogP contribution in [0.25, 0.3) is 0 Å². The van der Waals surface area contributed by atoms with Gasteiger partial charge in [-0.15, -0.1) is 0 Å². The molecule has 0 saturated carbocycles. The van der Waals surface area contributed by atoms with Gasteiger partial charge in [0.25, 0.3) is 0 Å². The van der Waals surface area contributed by atoms with Gasteiger partial charge in [0.15, 0.2) is 9.84 Å². The largest absolute Gasteiger partial charge is 0.325 e. The van der Waals surface area contributed by atoms with E-state index in [1.54, 1.807) is 25.1 Å². The number of hydrogen-bond donors (Lipinski definition) is 1. The van der Waals surface area contributed by atoms with Crippen molar-refractivity contribution in [2.24, 2.45) is 5.73 Å². The predicted molar refractivity (Wildman–Crippen MR) is 106 cm³/mol. The number of nitrogens with two attached hydrogens (primary N) is 1. The second-order valence-corrected chi connectivity index (χ2v) is 11.0. The van der Waals surface area contributed by atoms with Crippen LogP contribution in [0.4, 0.5) is 0 Å². The highest BCUT2D eigenvalue weighted by molar-refractivity contribution is 7.97. The number of nitrogens with zero attached hydrogens (tertiary/aromatic N) is 1. The number of rotatable bonds is 10. The lowest BCUT2D eigenvalue weighted by Crippen LogP contribution is -2.41. The number of sulfonamides is 1. The molecule has 2 unspecified atom stereocenters. The Labute approximate surface area is 158 Å². The van der Waals surface area contributed by atoms with E-state index in [0.717, 1.165) is 4.31 Å². The summed E-state index contributed by atoms with van der Waals surface area (Å²) in [4.78, 5) is -0.215. The van der Waals surface area contributed by atoms with Crippen molar-refractivity contribution in [2.45, 2.75) is 55.7 Å². The van der Waals surface area contributed by atoms with Crippen LogP contribution in [0, 0.1) is 0 Å². The molecule has 2 N–H and O–H groups in total. The maximum Gasteiger partial charge on any atom is 0.239 e. The summed E-state index contributed by atoms with van der Waals surface area (Å²) in [5, 5.41) is -1.20. The average Bonchev–Trinajstić information content (AvgIpc) is 2.60. The molecule has 2 atom stereocenters. The van der Waals surface area contributed by atoms with E-state index >= 15 is 0 Å². The van der Waals surface area contributed by atoms with Crippen LogP contribution in [0.5, 0.6) is 0 Å². The minimum Gasteiger partial charge on any atom is -0.325 e. The SMILES string of the molecule is C=C(C(CC)S(=O)(=O)c1ccccc1)S(=O)(=O)N(C)CCC(C)(N)CC. The molecule has 0 spiro atoms. The monoisotopic (exact) mass is 402 g/mol. The quantitative estimate of drug-likeness (QED) is 0.648. The van der Waals surface area contributed by atoms with Crippen LogP contribution in [-0.4, -0.2) is 45.5 Å². The van der Waals surface area contributed by atoms with Crippen LogP contribution in [0.3, 0.4) is 0 Å². The van der Waals surface area contributed by atoms with Crippen LogP contribution in [0.1, 0.15) is 40.0 Å². The molecular formula is C18H30N2O4S2. The number of sulfone groups is 1. The van der Waals surface area contributed by atoms with Crippen LogP contribution >= 0.6 is 0 Å². The van der Waals surface area contributed by atoms with Gasteiger partial charge in [-0.2, -0.15) is 0 Å². The zero-order chi connectivity index (χ0) is 20.2. The smallest absolute Gasteiger partial charge is 0.239 e. The van der Waals surface area contributed by atoms with Crippen LogP contribution in [-0.2, 0) is 19.9 Å². The first-order valence-electron chi connectivity index (χ1n) is 8.63. The van der Waals surface area contributed by atoms with E-state index in [2.05, 4.69) is 6.58 Å². The first-order valence-corrected chi connectivity index (χ1v) is 11.6. The van der Waals surface area contributed by atoms with Crippen molar-refractivity contribution in [2.75, 3.05) is 13.6 Å². The molecule has 0 radical (unpaired) electrons. The summed E-state index contributed by atoms with van der Waals surface area (Å²) >= 11 is 0. The summed E-state index contributed by atoms with van der Waals surface area (Å²) in [7, 11) is -6.39. The third kappa shape index (κ3) is 5.16. The van der Waals surface area contributed by atoms with E-state index in [4.69, 9.17) is 5.73 Å². The maximum atomic E-state index is 12.9. The van der Waals surface area contributed by atoms with E-state index in [1.807, 2.05) is 13.8 Å². The van der Waals surface area contributed by atoms with Crippen molar-refractivity contribution in [3.8, 4) is 0 Å². The van der Waals surface area contributed by atoms with Gasteiger partial charge in [-0.25, -0.2) is 21.1 Å². The Balaban J connectivity index is 3.10. The Morgan fingerprint density at radius 1 is 1.19 bits per heavy atom. The standard InChI is InChI=1S/C18H30N2O4S2/c1-6-17(25(21,22)16-11-9-8-10-12-16)15(3)26(23,24)20(5)14-13-18(4,19)7-2/h8-12,17H,3,6-7,13-14,19H2,1-2,4-5H3. The normalized spacial score (nSPS) is 16.2. The fourth-order valence-electron chi connectivity index (χ4n) is 2.47. The molecule has 1 aromatic carbocycles. The summed E-state index contributed by atoms with van der Waals surface area (Å²) in [6.45, 7) is 9.27. The van der Waals surface area contributed by atoms with Crippen LogP contribution < -0.4 is 5.73 Å². The maximum absolute atomic E-state index is 12.9. The van der Waals surface area contributed by atoms with Crippen LogP contribution in [0.2, 0.25) is 0 Å². The van der Waals surface area contributed by atoms with Gasteiger partial charge < -0.3 is 5.73 Å². The molecule has 8 heteroatoms. The van der Waals surface area contributed by atoms with Gasteiger partial charge in [0.2, 0.25) is 10.0 Å². The third-order valence-electron chi connectivity index (χ3n) is 4.72. The summed E-state index contributed by atoms with van der Waals surface area (Å²) in [5.74, 6) is 0. The molecule has 0 aliphatic rings. The molecule has 0 fully saturated rings. The van der Waals surface area contributed by atoms with Gasteiger partial charge in [0.1, 0.15) is 5.25 Å². The predicted octanol–water partition coefficient (Wildman–Crippen LogP) is 2.53. The fourth-order valence-corrected chi connectivity index (χ4v) is 6.10. The Kier molecular flexibility index (Phi) is 7.59. The minimum absolute atomic E-state index is 0.0892. The molecule has 1 rings (SSSR count). The summed E-state index contributed by atoms with van der Waals surface area (Å²) < 4.78 is 52.6. The molecule has 0 aliphatic carbocycles. The van der Waals surface area contributed by atoms with Crippen molar-refractivity contribution in [3.05, 3.63) is 41.8 Å². The summed E-state index contributed by atoms with van der Waals surface area (Å²) in [6, 6.07) is 7.84. The van der Waals surface area contributed by atoms with Gasteiger partial charge in [-0.05, 0) is 38.3 Å². The second kappa shape index (κ2) is 8.65. The molecule has 0 heterocycles. The van der Waals surface area contributed by atoms with Crippen molar-refractivity contribution in [1.82, 2.24) is 4.31 Å². The molecule has 0 aliphatic heterocycles. The van der Waals surface area contributed by atoms with Gasteiger partial charge in [-0.1, -0.05) is 38.6 Å². The van der Waals surface area contributed by atoms with Gasteiger partial charge in [-0.3, -0.25) is 0 Å². The van der Waals surface area contributed by atoms with Gasteiger partial charge in [0, 0.05) is 19.1 Å². The molecule has 1 aromatic rings. The lowest BCUT2D eigenvalue weighted by molar-refractivity contribution is 0.364. The van der Waals surface area contributed by atoms with Crippen molar-refractivity contribution < 1.29 is 16.8 Å². The highest BCUT2D eigenvalue weighted by atomic mass is 32.2. The number of hydrogen-bond acceptors (Lipinski definition) is 5. The minimum atomic E-state index is -3.97. The Morgan fingerprint density at radius 2 is 1.73 bits per heavy atom. The van der Waals surface area contributed by atoms with E-state index in [0.29, 0.717) is 12.8 Å². The molecule has 148 valence electrons. The highest BCUT2D eigenvalue weighted by Gasteiger charge is 2.36. The van der Waals surface area contributed by atoms with Gasteiger partial charge in [0.05, 0.1) is 9.80 Å². The van der Waals surface area contributed by atoms with Crippen molar-refractivity contribution >= 4 is 19.9 Å². The first-order chi connectivity index (χ1) is 11.9. The second-order valence-electron chi connectivity index (χ2n) is 6.81. The molecule has 26 heavy (non-hydrogen) atoms. The summed E-state index contributed by atoms with van der Waals surface area (Å²) in [6.07, 6.45) is 1.29. The molecule has 0 saturated heterocycles. The van der Waals surface area contributed by atoms with E-state index in [9.17, 15) is 16.8 Å². The molecule has 6 nitrogen and oxygen atoms in total. The lowest BCUT2D eigenvalue weighted by Gasteiger charge is -2.28. The highest BCUT2D eigenvalue weighted by Crippen LogP contribution is 2.28. The van der Waals surface area contributed by atoms with Gasteiger partial charge >= 0.3 is 0 Å². The Bertz CT molecular complexity index is 816. The Hall–Kier alpha value is -1.22. The summed E-state index contributed by atoms with van der Waals surface area (Å²) in [5.41, 5.74) is 5.59. The zero-order valence-electron chi connectivity index (χ0n) is 16.0. The Morgan fingerprint density at radius 3 is 2.19 bits per heavy atom. The molecule has 0 amide bonds. The number of benzene rings is 1. The van der Waals surface area contributed by atoms with E-state index in [1.165, 1.54) is 19.2 Å². The molecule has 0 bridgehead atoms. The fraction of sp³-hybridized carbons (Fsp3) is 0.556. The third-order valence-corrected chi connectivity index (χ3v) is 9.12. The lowest BCUT2D eigenvalue weighted by atomic mass is 9.96. The van der Waals surface area contributed by atoms with Crippen molar-refractivity contribution in [1.29, 1.82) is 0 Å². The van der Waals surface area contributed by atoms with Crippen molar-refractivity contribution in [3.63, 3.8) is 0 Å². The first kappa shape index (κ1) is 22.8. The average molecular weight is 403 g/mol. The van der Waals surface area contributed by atoms with Crippen LogP contribution in [0.15, 0.2) is 46.7 Å². The topological polar surface area (TPSA) is 97.5 Å². The molecular weight excluding hydrogens is 372 g/mol. The van der Waals surface area contributed by atoms with E-state index < -0.39 is 30.6 Å².